The predicted molar refractivity (Wildman–Crippen MR) is 377 cm³/mol. The minimum absolute atomic E-state index is 0.00573. The minimum atomic E-state index is -2.33. The van der Waals surface area contributed by atoms with Gasteiger partial charge in [0, 0.05) is 36.4 Å². The van der Waals surface area contributed by atoms with E-state index in [1.54, 1.807) is 30.5 Å². The second-order valence-corrected chi connectivity index (χ2v) is 26.2. The van der Waals surface area contributed by atoms with Crippen LogP contribution in [0.1, 0.15) is 136 Å². The zero-order valence-corrected chi connectivity index (χ0v) is 60.8. The number of primary amides is 1. The van der Waals surface area contributed by atoms with E-state index < -0.39 is 262 Å². The van der Waals surface area contributed by atoms with Crippen LogP contribution >= 0.6 is 0 Å². The fourth-order valence-electron chi connectivity index (χ4n) is 10.8. The molecule has 109 heavy (non-hydrogen) atoms. The Morgan fingerprint density at radius 2 is 1.06 bits per heavy atom. The molecule has 1 aromatic carbocycles. The van der Waals surface area contributed by atoms with E-state index in [0.717, 1.165) is 32.6 Å². The summed E-state index contributed by atoms with van der Waals surface area (Å²) < 4.78 is 5.63. The Hall–Kier alpha value is -11.4. The SMILES string of the molecule is CCC(C)CCCCCCC(=O)NC(Cc1c[nH]c2ccccc12)C(=O)NC(CC(N)=O)C(=O)NC(CC(=O)O)C(=O)NC1C(=O)NCC(=O)NC(CCCN)C(=O)NC(CC(=O)O)C(=O)NC(CO)C(=O)NC(CC(=O)O)C(=O)NCC(=O)NC(CO)C(=O)NC(CCC(=O)O)C(=O)NC(C(C)C)C(=O)OC1C. The Bertz CT molecular complexity index is 3590. The molecule has 24 N–H and O–H groups in total. The van der Waals surface area contributed by atoms with Crippen LogP contribution in [0.5, 0.6) is 0 Å². The molecule has 1 fully saturated rings. The summed E-state index contributed by atoms with van der Waals surface area (Å²) in [5, 5.41) is 88.0. The molecule has 0 saturated carbocycles. The van der Waals surface area contributed by atoms with Crippen LogP contribution in [0.25, 0.3) is 10.9 Å². The molecule has 3 rings (SSSR count). The highest BCUT2D eigenvalue weighted by Gasteiger charge is 2.40. The molecule has 2 aromatic rings. The topological polar surface area (TPSA) is 679 Å². The molecule has 13 unspecified atom stereocenters. The van der Waals surface area contributed by atoms with Gasteiger partial charge in [-0.05, 0) is 62.6 Å². The lowest BCUT2D eigenvalue weighted by molar-refractivity contribution is -0.157. The van der Waals surface area contributed by atoms with Crippen molar-refractivity contribution < 1.29 is 126 Å². The van der Waals surface area contributed by atoms with Crippen LogP contribution in [0, 0.1) is 11.8 Å². The number of carboxylic acids is 4. The van der Waals surface area contributed by atoms with Gasteiger partial charge in [-0.15, -0.1) is 0 Å². The molecule has 1 saturated heterocycles. The molecule has 2 heterocycles. The largest absolute Gasteiger partial charge is 0.481 e. The highest BCUT2D eigenvalue weighted by atomic mass is 16.5. The van der Waals surface area contributed by atoms with E-state index in [1.807, 2.05) is 21.3 Å². The Labute approximate surface area is 624 Å². The van der Waals surface area contributed by atoms with Crippen molar-refractivity contribution in [2.45, 2.75) is 210 Å². The zero-order chi connectivity index (χ0) is 81.8. The zero-order valence-electron chi connectivity index (χ0n) is 60.8. The number of nitrogens with one attached hydrogen (secondary N) is 14. The highest BCUT2D eigenvalue weighted by molar-refractivity contribution is 6.02. The Morgan fingerprint density at radius 1 is 0.550 bits per heavy atom. The molecule has 14 amide bonds. The van der Waals surface area contributed by atoms with Gasteiger partial charge in [-0.3, -0.25) is 86.3 Å². The third-order valence-electron chi connectivity index (χ3n) is 17.1. The maximum atomic E-state index is 14.6. The van der Waals surface area contributed by atoms with Gasteiger partial charge in [-0.25, -0.2) is 4.79 Å². The van der Waals surface area contributed by atoms with Crippen molar-refractivity contribution in [2.24, 2.45) is 23.3 Å². The number of fused-ring (bicyclic) bond motifs is 1. The fourth-order valence-corrected chi connectivity index (χ4v) is 10.8. The van der Waals surface area contributed by atoms with Gasteiger partial charge in [-0.2, -0.15) is 0 Å². The number of benzene rings is 1. The third kappa shape index (κ3) is 32.7. The average Bonchev–Trinajstić information content (AvgIpc) is 1.77. The summed E-state index contributed by atoms with van der Waals surface area (Å²) in [5.41, 5.74) is 12.4. The number of para-hydroxylation sites is 1. The lowest BCUT2D eigenvalue weighted by Crippen LogP contribution is -2.62. The molecule has 0 radical (unpaired) electrons. The van der Waals surface area contributed by atoms with Crippen molar-refractivity contribution in [2.75, 3.05) is 32.8 Å². The van der Waals surface area contributed by atoms with E-state index >= 15 is 0 Å². The number of unbranched alkanes of at least 4 members (excludes halogenated alkanes) is 3. The minimum Gasteiger partial charge on any atom is -0.481 e. The number of esters is 1. The lowest BCUT2D eigenvalue weighted by Gasteiger charge is -2.30. The van der Waals surface area contributed by atoms with Crippen molar-refractivity contribution in [3.05, 3.63) is 36.0 Å². The molecule has 1 aliphatic heterocycles. The van der Waals surface area contributed by atoms with E-state index in [4.69, 9.17) is 16.2 Å². The molecular formula is C67H100N16O26. The lowest BCUT2D eigenvalue weighted by atomic mass is 10.00. The van der Waals surface area contributed by atoms with Gasteiger partial charge in [0.2, 0.25) is 82.7 Å². The van der Waals surface area contributed by atoms with Gasteiger partial charge in [0.15, 0.2) is 0 Å². The summed E-state index contributed by atoms with van der Waals surface area (Å²) in [6.45, 7) is 2.69. The van der Waals surface area contributed by atoms with Crippen LogP contribution < -0.4 is 80.6 Å². The summed E-state index contributed by atoms with van der Waals surface area (Å²) in [7, 11) is 0. The molecule has 1 aromatic heterocycles. The van der Waals surface area contributed by atoms with E-state index in [0.29, 0.717) is 35.2 Å². The number of carbonyl (C=O) groups is 19. The number of rotatable bonds is 34. The van der Waals surface area contributed by atoms with E-state index in [-0.39, 0.29) is 25.8 Å². The van der Waals surface area contributed by atoms with Crippen molar-refractivity contribution in [3.63, 3.8) is 0 Å². The van der Waals surface area contributed by atoms with Crippen molar-refractivity contribution >= 4 is 123 Å². The normalized spacial score (nSPS) is 21.8. The number of nitrogens with two attached hydrogens (primary N) is 2. The van der Waals surface area contributed by atoms with Crippen LogP contribution in [0.2, 0.25) is 0 Å². The summed E-state index contributed by atoms with van der Waals surface area (Å²) in [6.07, 6.45) is -2.68. The number of hydrogen-bond acceptors (Lipinski definition) is 23. The van der Waals surface area contributed by atoms with Gasteiger partial charge in [0.05, 0.1) is 52.0 Å². The van der Waals surface area contributed by atoms with Crippen LogP contribution in [-0.2, 0) is 102 Å². The molecular weight excluding hydrogens is 1440 g/mol. The Kier molecular flexibility index (Phi) is 39.2. The smallest absolute Gasteiger partial charge is 0.329 e. The van der Waals surface area contributed by atoms with Gasteiger partial charge < -0.3 is 121 Å². The maximum absolute atomic E-state index is 14.6. The second-order valence-electron chi connectivity index (χ2n) is 26.2. The number of aliphatic hydroxyl groups is 2. The maximum Gasteiger partial charge on any atom is 0.329 e. The van der Waals surface area contributed by atoms with Crippen LogP contribution in [0.3, 0.4) is 0 Å². The highest BCUT2D eigenvalue weighted by Crippen LogP contribution is 2.21. The number of aliphatic carboxylic acids is 4. The third-order valence-corrected chi connectivity index (χ3v) is 17.1. The quantitative estimate of drug-likeness (QED) is 0.0229. The number of aliphatic hydroxyl groups excluding tert-OH is 2. The first-order valence-corrected chi connectivity index (χ1v) is 35.1. The standard InChI is InChI=1S/C67H100N16O26/c1-6-33(4)14-9-7-8-10-18-48(87)74-40(22-35-27-70-37-16-12-11-15-36(35)37)60(101)77-41(23-47(69)86)61(102)80-44(26-54(96)97)63(104)83-56-34(5)109-67(108)55(32(2)3)82-59(100)39(19-20-51(90)91)76-64(105)45(30-84)75-50(89)28-71-57(98)42(24-52(92)93)78-65(106)46(31-85)81-62(103)43(25-53(94)95)79-58(99)38(17-13-21-68)73-49(88)29-72-66(56)107/h11-12,15-16,27,32-34,38-46,55-56,70,84-85H,6-10,13-14,17-26,28-31,68H2,1-5H3,(H2,69,86)(H,71,98)(H,72,107)(H,73,88)(H,74,87)(H,75,89)(H,76,105)(H,77,101)(H,78,106)(H,79,99)(H,80,102)(H,81,103)(H,82,100)(H,83,104)(H,90,91)(H,92,93)(H,94,95)(H,96,97). The first kappa shape index (κ1) is 91.8. The molecule has 42 heteroatoms. The number of aromatic nitrogens is 1. The Morgan fingerprint density at radius 3 is 1.61 bits per heavy atom. The van der Waals surface area contributed by atoms with Gasteiger partial charge >= 0.3 is 29.8 Å². The van der Waals surface area contributed by atoms with Crippen molar-refractivity contribution in [3.8, 4) is 0 Å². The Balaban J connectivity index is 2.17. The summed E-state index contributed by atoms with van der Waals surface area (Å²) >= 11 is 0. The van der Waals surface area contributed by atoms with E-state index in [1.165, 1.54) is 13.8 Å². The number of carboxylic acid groups (broad SMARTS) is 4. The van der Waals surface area contributed by atoms with Gasteiger partial charge in [-0.1, -0.05) is 78.0 Å². The molecule has 0 spiro atoms. The molecule has 13 atom stereocenters. The first-order chi connectivity index (χ1) is 51.4. The molecule has 0 aliphatic carbocycles. The first-order valence-electron chi connectivity index (χ1n) is 35.1. The fraction of sp³-hybridized carbons (Fsp3) is 0.597. The molecule has 0 bridgehead atoms. The molecule has 42 nitrogen and oxygen atoms in total. The number of aromatic amines is 1. The van der Waals surface area contributed by atoms with E-state index in [9.17, 15) is 122 Å². The van der Waals surface area contributed by atoms with Gasteiger partial charge in [0.25, 0.3) is 0 Å². The number of carbonyl (C=O) groups excluding carboxylic acids is 15. The molecule has 604 valence electrons. The average molecular weight is 1550 g/mol. The molecule has 1 aliphatic rings. The number of ether oxygens (including phenoxy) is 1. The van der Waals surface area contributed by atoms with Crippen LogP contribution in [0.4, 0.5) is 0 Å². The number of H-pyrrole nitrogens is 1. The summed E-state index contributed by atoms with van der Waals surface area (Å²) in [6, 6.07) is -15.2. The predicted octanol–water partition coefficient (Wildman–Crippen LogP) is -6.85. The monoisotopic (exact) mass is 1540 g/mol. The van der Waals surface area contributed by atoms with Gasteiger partial charge in [0.1, 0.15) is 72.6 Å². The summed E-state index contributed by atoms with van der Waals surface area (Å²) in [5.74, 6) is -27.3. The van der Waals surface area contributed by atoms with Crippen molar-refractivity contribution in [1.29, 1.82) is 0 Å². The van der Waals surface area contributed by atoms with Crippen LogP contribution in [0.15, 0.2) is 30.5 Å². The van der Waals surface area contributed by atoms with E-state index in [2.05, 4.69) is 66.7 Å². The van der Waals surface area contributed by atoms with Crippen molar-refractivity contribution in [1.82, 2.24) is 74.1 Å². The second kappa shape index (κ2) is 46.6. The van der Waals surface area contributed by atoms with Crippen LogP contribution in [-0.4, -0.2) is 254 Å². The number of hydrogen-bond donors (Lipinski definition) is 22. The summed E-state index contributed by atoms with van der Waals surface area (Å²) in [4.78, 5) is 259. The number of cyclic esters (lactones) is 1. The number of amides is 14.